The van der Waals surface area contributed by atoms with Gasteiger partial charge in [-0.3, -0.25) is 0 Å². The van der Waals surface area contributed by atoms with E-state index in [-0.39, 0.29) is 6.04 Å². The molecule has 1 unspecified atom stereocenters. The first-order valence-electron chi connectivity index (χ1n) is 10.9. The highest BCUT2D eigenvalue weighted by Crippen LogP contribution is 2.57. The number of ether oxygens (including phenoxy) is 5. The molecule has 6 nitrogen and oxygen atoms in total. The molecule has 32 heavy (non-hydrogen) atoms. The molecule has 0 spiro atoms. The quantitative estimate of drug-likeness (QED) is 0.463. The van der Waals surface area contributed by atoms with E-state index in [9.17, 15) is 0 Å². The predicted molar refractivity (Wildman–Crippen MR) is 120 cm³/mol. The monoisotopic (exact) mass is 427 g/mol. The predicted octanol–water partition coefficient (Wildman–Crippen LogP) is 5.63. The van der Waals surface area contributed by atoms with E-state index in [1.807, 2.05) is 18.2 Å². The largest absolute Gasteiger partial charge is 0.486 e. The molecule has 3 aromatic rings. The third kappa shape index (κ3) is 2.52. The van der Waals surface area contributed by atoms with E-state index >= 15 is 0 Å². The van der Waals surface area contributed by atoms with Crippen molar-refractivity contribution in [2.24, 2.45) is 0 Å². The highest BCUT2D eigenvalue weighted by molar-refractivity contribution is 5.86. The van der Waals surface area contributed by atoms with Crippen LogP contribution in [0.15, 0.2) is 54.1 Å². The van der Waals surface area contributed by atoms with Gasteiger partial charge in [-0.1, -0.05) is 24.3 Å². The Kier molecular flexibility index (Phi) is 3.68. The molecule has 4 heterocycles. The average Bonchev–Trinajstić information content (AvgIpc) is 2.95. The maximum absolute atomic E-state index is 6.55. The summed E-state index contributed by atoms with van der Waals surface area (Å²) in [5.41, 5.74) is 5.48. The van der Waals surface area contributed by atoms with Crippen LogP contribution < -0.4 is 28.6 Å². The molecule has 0 aromatic heterocycles. The number of anilines is 2. The molecule has 0 amide bonds. The van der Waals surface area contributed by atoms with Crippen LogP contribution in [-0.2, 0) is 0 Å². The second-order valence-electron chi connectivity index (χ2n) is 8.32. The van der Waals surface area contributed by atoms with Gasteiger partial charge in [-0.05, 0) is 30.2 Å². The molecule has 0 aliphatic carbocycles. The lowest BCUT2D eigenvalue weighted by molar-refractivity contribution is 0.170. The zero-order chi connectivity index (χ0) is 21.2. The Morgan fingerprint density at radius 1 is 0.688 bits per heavy atom. The first-order valence-corrected chi connectivity index (χ1v) is 10.9. The molecule has 3 aromatic carbocycles. The fraction of sp³-hybridized carbons (Fsp3) is 0.231. The van der Waals surface area contributed by atoms with Crippen molar-refractivity contribution in [2.75, 3.05) is 31.3 Å². The summed E-state index contributed by atoms with van der Waals surface area (Å²) < 4.78 is 30.1. The van der Waals surface area contributed by atoms with Crippen LogP contribution in [0.25, 0.3) is 6.08 Å². The van der Waals surface area contributed by atoms with Crippen LogP contribution in [0.4, 0.5) is 11.4 Å². The Morgan fingerprint density at radius 3 is 2.06 bits per heavy atom. The first-order chi connectivity index (χ1) is 15.8. The molecule has 0 fully saturated rings. The molecular weight excluding hydrogens is 406 g/mol. The lowest BCUT2D eigenvalue weighted by Crippen LogP contribution is -2.27. The molecule has 0 N–H and O–H groups in total. The van der Waals surface area contributed by atoms with Crippen LogP contribution in [0.1, 0.15) is 24.1 Å². The van der Waals surface area contributed by atoms with Crippen LogP contribution in [0, 0.1) is 0 Å². The van der Waals surface area contributed by atoms with Crippen molar-refractivity contribution in [3.05, 3.63) is 65.2 Å². The standard InChI is InChI=1S/C26H21NO5/c1-15-10-16-4-2-3-5-18(16)27-19-12-23-25(31-9-7-29-23)14-21(19)32-20-13-24-22(28-6-8-30-24)11-17(20)26(15)27/h2-5,10-14,26H,6-9H2,1H3. The lowest BCUT2D eigenvalue weighted by Gasteiger charge is -2.38. The molecular formula is C26H21NO5. The van der Waals surface area contributed by atoms with Crippen LogP contribution in [0.5, 0.6) is 34.5 Å². The van der Waals surface area contributed by atoms with E-state index in [2.05, 4.69) is 48.2 Å². The van der Waals surface area contributed by atoms with Crippen molar-refractivity contribution >= 4 is 17.5 Å². The minimum Gasteiger partial charge on any atom is -0.486 e. The van der Waals surface area contributed by atoms with Gasteiger partial charge in [0.15, 0.2) is 28.7 Å². The summed E-state index contributed by atoms with van der Waals surface area (Å²) in [4.78, 5) is 2.33. The van der Waals surface area contributed by atoms with Crippen molar-refractivity contribution in [3.63, 3.8) is 0 Å². The van der Waals surface area contributed by atoms with Crippen LogP contribution in [-0.4, -0.2) is 26.4 Å². The molecule has 6 heteroatoms. The fourth-order valence-electron chi connectivity index (χ4n) is 4.98. The molecule has 7 rings (SSSR count). The highest BCUT2D eigenvalue weighted by Gasteiger charge is 2.37. The minimum atomic E-state index is -0.0560. The third-order valence-corrected chi connectivity index (χ3v) is 6.34. The van der Waals surface area contributed by atoms with Gasteiger partial charge in [-0.15, -0.1) is 0 Å². The minimum absolute atomic E-state index is 0.0560. The summed E-state index contributed by atoms with van der Waals surface area (Å²) in [5, 5.41) is 0. The zero-order valence-corrected chi connectivity index (χ0v) is 17.6. The van der Waals surface area contributed by atoms with E-state index < -0.39 is 0 Å². The number of benzene rings is 3. The Balaban J connectivity index is 1.52. The molecule has 4 aliphatic rings. The van der Waals surface area contributed by atoms with Crippen LogP contribution >= 0.6 is 0 Å². The summed E-state index contributed by atoms with van der Waals surface area (Å²) in [7, 11) is 0. The smallest absolute Gasteiger partial charge is 0.165 e. The SMILES string of the molecule is CC1=Cc2ccccc2N2c3cc4c(cc3Oc3cc5c(cc3C12)OCCO5)OCCO4. The van der Waals surface area contributed by atoms with Crippen molar-refractivity contribution in [1.82, 2.24) is 0 Å². The fourth-order valence-corrected chi connectivity index (χ4v) is 4.98. The third-order valence-electron chi connectivity index (χ3n) is 6.34. The number of nitrogens with zero attached hydrogens (tertiary/aromatic N) is 1. The van der Waals surface area contributed by atoms with Crippen LogP contribution in [0.3, 0.4) is 0 Å². The Morgan fingerprint density at radius 2 is 1.31 bits per heavy atom. The van der Waals surface area contributed by atoms with Crippen molar-refractivity contribution in [3.8, 4) is 34.5 Å². The highest BCUT2D eigenvalue weighted by atomic mass is 16.6. The molecule has 4 aliphatic heterocycles. The van der Waals surface area contributed by atoms with E-state index in [1.54, 1.807) is 0 Å². The molecule has 160 valence electrons. The summed E-state index contributed by atoms with van der Waals surface area (Å²) >= 11 is 0. The number of fused-ring (bicyclic) bond motifs is 9. The molecule has 0 bridgehead atoms. The summed E-state index contributed by atoms with van der Waals surface area (Å²) in [5.74, 6) is 4.37. The zero-order valence-electron chi connectivity index (χ0n) is 17.6. The average molecular weight is 427 g/mol. The van der Waals surface area contributed by atoms with E-state index in [0.29, 0.717) is 37.9 Å². The number of hydrogen-bond acceptors (Lipinski definition) is 6. The summed E-state index contributed by atoms with van der Waals surface area (Å²) in [6, 6.07) is 16.3. The van der Waals surface area contributed by atoms with E-state index in [4.69, 9.17) is 23.7 Å². The molecule has 0 saturated carbocycles. The lowest BCUT2D eigenvalue weighted by atomic mass is 9.90. The first kappa shape index (κ1) is 17.8. The number of para-hydroxylation sites is 1. The van der Waals surface area contributed by atoms with Crippen LogP contribution in [0.2, 0.25) is 0 Å². The van der Waals surface area contributed by atoms with Gasteiger partial charge < -0.3 is 28.6 Å². The van der Waals surface area contributed by atoms with Gasteiger partial charge in [0.05, 0.1) is 11.7 Å². The second kappa shape index (κ2) is 6.60. The summed E-state index contributed by atoms with van der Waals surface area (Å²) in [6.45, 7) is 4.30. The van der Waals surface area contributed by atoms with E-state index in [1.165, 1.54) is 11.1 Å². The topological polar surface area (TPSA) is 49.4 Å². The maximum Gasteiger partial charge on any atom is 0.165 e. The van der Waals surface area contributed by atoms with Gasteiger partial charge >= 0.3 is 0 Å². The van der Waals surface area contributed by atoms with Gasteiger partial charge in [0.25, 0.3) is 0 Å². The Bertz CT molecular complexity index is 1300. The van der Waals surface area contributed by atoms with E-state index in [0.717, 1.165) is 39.9 Å². The van der Waals surface area contributed by atoms with Crippen molar-refractivity contribution < 1.29 is 23.7 Å². The molecule has 0 saturated heterocycles. The molecule has 1 atom stereocenters. The molecule has 0 radical (unpaired) electrons. The second-order valence-corrected chi connectivity index (χ2v) is 8.32. The maximum atomic E-state index is 6.55. The van der Waals surface area contributed by atoms with Gasteiger partial charge in [0.1, 0.15) is 32.2 Å². The van der Waals surface area contributed by atoms with Gasteiger partial charge in [0.2, 0.25) is 0 Å². The van der Waals surface area contributed by atoms with Gasteiger partial charge in [0, 0.05) is 29.4 Å². The van der Waals surface area contributed by atoms with Crippen molar-refractivity contribution in [1.29, 1.82) is 0 Å². The summed E-state index contributed by atoms with van der Waals surface area (Å²) in [6.07, 6.45) is 2.25. The Labute approximate surface area is 185 Å². The van der Waals surface area contributed by atoms with Gasteiger partial charge in [-0.2, -0.15) is 0 Å². The number of rotatable bonds is 0. The Hall–Kier alpha value is -3.80. The van der Waals surface area contributed by atoms with Gasteiger partial charge in [-0.25, -0.2) is 0 Å². The normalized spacial score (nSPS) is 19.3. The van der Waals surface area contributed by atoms with Crippen molar-refractivity contribution in [2.45, 2.75) is 13.0 Å². The number of hydrogen-bond donors (Lipinski definition) is 0.